The van der Waals surface area contributed by atoms with E-state index in [2.05, 4.69) is 45.1 Å². The Labute approximate surface area is 169 Å². The van der Waals surface area contributed by atoms with E-state index in [9.17, 15) is 4.79 Å². The lowest BCUT2D eigenvalue weighted by atomic mass is 9.87. The maximum absolute atomic E-state index is 12.2. The monoisotopic (exact) mass is 383 g/mol. The third kappa shape index (κ3) is 6.91. The average molecular weight is 384 g/mol. The van der Waals surface area contributed by atoms with E-state index in [1.807, 2.05) is 36.4 Å². The zero-order valence-corrected chi connectivity index (χ0v) is 17.7. The molecule has 0 saturated heterocycles. The van der Waals surface area contributed by atoms with Crippen LogP contribution in [-0.4, -0.2) is 25.2 Å². The van der Waals surface area contributed by atoms with Crippen LogP contribution in [0.5, 0.6) is 11.5 Å². The molecule has 0 aliphatic carbocycles. The second-order valence-corrected chi connectivity index (χ2v) is 8.07. The first-order valence-electron chi connectivity index (χ1n) is 10.1. The molecule has 0 heterocycles. The second kappa shape index (κ2) is 10.2. The van der Waals surface area contributed by atoms with Crippen molar-refractivity contribution in [2.75, 3.05) is 13.2 Å². The van der Waals surface area contributed by atoms with Crippen LogP contribution in [0.1, 0.15) is 52.2 Å². The molecule has 2 aromatic rings. The number of carbonyl (C=O) groups excluding carboxylic acids is 1. The number of nitrogens with one attached hydrogen (secondary N) is 1. The molecule has 2 aromatic carbocycles. The molecule has 1 atom stereocenters. The van der Waals surface area contributed by atoms with Crippen molar-refractivity contribution in [3.05, 3.63) is 59.7 Å². The Hall–Kier alpha value is -2.49. The molecule has 0 aromatic heterocycles. The molecular weight excluding hydrogens is 350 g/mol. The molecule has 2 rings (SSSR count). The maximum atomic E-state index is 12.2. The number of amides is 1. The molecular formula is C24H33NO3. The van der Waals surface area contributed by atoms with Crippen LogP contribution in [-0.2, 0) is 16.6 Å². The highest BCUT2D eigenvalue weighted by Gasteiger charge is 2.16. The van der Waals surface area contributed by atoms with E-state index in [-0.39, 0.29) is 11.3 Å². The molecule has 0 saturated carbocycles. The predicted molar refractivity (Wildman–Crippen MR) is 114 cm³/mol. The molecule has 0 aliphatic rings. The topological polar surface area (TPSA) is 47.6 Å². The molecule has 1 amide bonds. The molecule has 4 heteroatoms. The highest BCUT2D eigenvalue weighted by molar-refractivity contribution is 5.80. The third-order valence-electron chi connectivity index (χ3n) is 4.53. The number of aryl methyl sites for hydroxylation is 1. The van der Waals surface area contributed by atoms with Crippen molar-refractivity contribution in [2.24, 2.45) is 0 Å². The van der Waals surface area contributed by atoms with Gasteiger partial charge < -0.3 is 14.8 Å². The normalized spacial score (nSPS) is 12.3. The number of carbonyl (C=O) groups is 1. The van der Waals surface area contributed by atoms with Gasteiger partial charge in [0.25, 0.3) is 5.91 Å². The summed E-state index contributed by atoms with van der Waals surface area (Å²) in [7, 11) is 0. The van der Waals surface area contributed by atoms with Crippen LogP contribution in [0.4, 0.5) is 0 Å². The van der Waals surface area contributed by atoms with Gasteiger partial charge in [-0.3, -0.25) is 4.79 Å². The van der Waals surface area contributed by atoms with Crippen LogP contribution < -0.4 is 14.8 Å². The van der Waals surface area contributed by atoms with Crippen molar-refractivity contribution >= 4 is 5.91 Å². The zero-order chi connectivity index (χ0) is 20.6. The van der Waals surface area contributed by atoms with Gasteiger partial charge in [-0.15, -0.1) is 0 Å². The average Bonchev–Trinajstić information content (AvgIpc) is 2.66. The minimum atomic E-state index is -0.561. The predicted octanol–water partition coefficient (Wildman–Crippen LogP) is 4.90. The number of benzene rings is 2. The molecule has 0 radical (unpaired) electrons. The van der Waals surface area contributed by atoms with Crippen LogP contribution in [0.15, 0.2) is 48.5 Å². The van der Waals surface area contributed by atoms with Crippen LogP contribution >= 0.6 is 0 Å². The highest BCUT2D eigenvalue weighted by atomic mass is 16.5. The Morgan fingerprint density at radius 3 is 2.18 bits per heavy atom. The molecule has 0 fully saturated rings. The first kappa shape index (κ1) is 21.8. The summed E-state index contributed by atoms with van der Waals surface area (Å²) in [6, 6.07) is 16.0. The van der Waals surface area contributed by atoms with Gasteiger partial charge in [0.2, 0.25) is 0 Å². The lowest BCUT2D eigenvalue weighted by Crippen LogP contribution is -2.38. The summed E-state index contributed by atoms with van der Waals surface area (Å²) in [5.41, 5.74) is 2.64. The van der Waals surface area contributed by atoms with Gasteiger partial charge in [0, 0.05) is 0 Å². The van der Waals surface area contributed by atoms with Gasteiger partial charge >= 0.3 is 0 Å². The van der Waals surface area contributed by atoms with Crippen molar-refractivity contribution in [1.82, 2.24) is 5.32 Å². The SMILES string of the molecule is CCCc1ccc(OCCNC(=O)[C@H](C)Oc2ccc(C(C)(C)C)cc2)cc1. The van der Waals surface area contributed by atoms with E-state index in [1.165, 1.54) is 11.1 Å². The summed E-state index contributed by atoms with van der Waals surface area (Å²) >= 11 is 0. The standard InChI is InChI=1S/C24H33NO3/c1-6-7-19-8-12-21(13-9-19)27-17-16-25-23(26)18(2)28-22-14-10-20(11-15-22)24(3,4)5/h8-15,18H,6-7,16-17H2,1-5H3,(H,25,26)/t18-/m0/s1. The highest BCUT2D eigenvalue weighted by Crippen LogP contribution is 2.24. The van der Waals surface area contributed by atoms with Gasteiger partial charge in [-0.25, -0.2) is 0 Å². The summed E-state index contributed by atoms with van der Waals surface area (Å²) in [5, 5.41) is 2.85. The lowest BCUT2D eigenvalue weighted by molar-refractivity contribution is -0.127. The Morgan fingerprint density at radius 2 is 1.61 bits per heavy atom. The molecule has 1 N–H and O–H groups in total. The van der Waals surface area contributed by atoms with E-state index < -0.39 is 6.10 Å². The minimum absolute atomic E-state index is 0.0951. The van der Waals surface area contributed by atoms with Crippen LogP contribution in [0.25, 0.3) is 0 Å². The van der Waals surface area contributed by atoms with Crippen molar-refractivity contribution in [1.29, 1.82) is 0 Å². The summed E-state index contributed by atoms with van der Waals surface area (Å²) in [6.07, 6.45) is 1.65. The van der Waals surface area contributed by atoms with Crippen molar-refractivity contribution in [3.63, 3.8) is 0 Å². The fraction of sp³-hybridized carbons (Fsp3) is 0.458. The molecule has 0 unspecified atom stereocenters. The van der Waals surface area contributed by atoms with Gasteiger partial charge in [0.1, 0.15) is 18.1 Å². The summed E-state index contributed by atoms with van der Waals surface area (Å²) < 4.78 is 11.4. The van der Waals surface area contributed by atoms with E-state index in [4.69, 9.17) is 9.47 Å². The molecule has 152 valence electrons. The first-order valence-corrected chi connectivity index (χ1v) is 10.1. The Balaban J connectivity index is 1.72. The van der Waals surface area contributed by atoms with E-state index in [0.29, 0.717) is 18.9 Å². The van der Waals surface area contributed by atoms with E-state index in [0.717, 1.165) is 18.6 Å². The van der Waals surface area contributed by atoms with Gasteiger partial charge in [0.05, 0.1) is 6.54 Å². The fourth-order valence-corrected chi connectivity index (χ4v) is 2.82. The lowest BCUT2D eigenvalue weighted by Gasteiger charge is -2.20. The molecule has 0 aliphatic heterocycles. The Morgan fingerprint density at radius 1 is 1.00 bits per heavy atom. The second-order valence-electron chi connectivity index (χ2n) is 8.07. The molecule has 0 spiro atoms. The van der Waals surface area contributed by atoms with Crippen LogP contribution in [0, 0.1) is 0 Å². The number of rotatable bonds is 9. The number of hydrogen-bond donors (Lipinski definition) is 1. The van der Waals surface area contributed by atoms with Gasteiger partial charge in [-0.05, 0) is 54.2 Å². The van der Waals surface area contributed by atoms with Crippen LogP contribution in [0.2, 0.25) is 0 Å². The largest absolute Gasteiger partial charge is 0.492 e. The number of hydrogen-bond acceptors (Lipinski definition) is 3. The van der Waals surface area contributed by atoms with Crippen LogP contribution in [0.3, 0.4) is 0 Å². The summed E-state index contributed by atoms with van der Waals surface area (Å²) in [6.45, 7) is 11.3. The molecule has 4 nitrogen and oxygen atoms in total. The van der Waals surface area contributed by atoms with E-state index in [1.54, 1.807) is 6.92 Å². The van der Waals surface area contributed by atoms with E-state index >= 15 is 0 Å². The van der Waals surface area contributed by atoms with Crippen molar-refractivity contribution < 1.29 is 14.3 Å². The zero-order valence-electron chi connectivity index (χ0n) is 17.7. The van der Waals surface area contributed by atoms with Gasteiger partial charge in [0.15, 0.2) is 6.10 Å². The molecule has 0 bridgehead atoms. The van der Waals surface area contributed by atoms with Crippen molar-refractivity contribution in [2.45, 2.75) is 59.0 Å². The Bertz CT molecular complexity index is 730. The summed E-state index contributed by atoms with van der Waals surface area (Å²) in [5.74, 6) is 1.36. The van der Waals surface area contributed by atoms with Gasteiger partial charge in [-0.2, -0.15) is 0 Å². The maximum Gasteiger partial charge on any atom is 0.260 e. The Kier molecular flexibility index (Phi) is 7.91. The quantitative estimate of drug-likeness (QED) is 0.627. The summed E-state index contributed by atoms with van der Waals surface area (Å²) in [4.78, 5) is 12.2. The minimum Gasteiger partial charge on any atom is -0.492 e. The number of ether oxygens (including phenoxy) is 2. The third-order valence-corrected chi connectivity index (χ3v) is 4.53. The smallest absolute Gasteiger partial charge is 0.260 e. The molecule has 28 heavy (non-hydrogen) atoms. The van der Waals surface area contributed by atoms with Crippen molar-refractivity contribution in [3.8, 4) is 11.5 Å². The first-order chi connectivity index (χ1) is 13.3. The van der Waals surface area contributed by atoms with Gasteiger partial charge in [-0.1, -0.05) is 58.4 Å². The fourth-order valence-electron chi connectivity index (χ4n) is 2.82.